The summed E-state index contributed by atoms with van der Waals surface area (Å²) in [7, 11) is 0. The zero-order valence-corrected chi connectivity index (χ0v) is 21.6. The van der Waals surface area contributed by atoms with Gasteiger partial charge < -0.3 is 4.74 Å². The van der Waals surface area contributed by atoms with Gasteiger partial charge in [-0.05, 0) is 75.5 Å². The van der Waals surface area contributed by atoms with Crippen LogP contribution in [0.2, 0.25) is 0 Å². The van der Waals surface area contributed by atoms with Gasteiger partial charge in [-0.25, -0.2) is 0 Å². The number of ketones is 3. The molecule has 0 aromatic heterocycles. The first kappa shape index (κ1) is 28.7. The fourth-order valence-corrected chi connectivity index (χ4v) is 5.03. The lowest BCUT2D eigenvalue weighted by atomic mass is 9.72. The molecular formula is C28H42O5. The van der Waals surface area contributed by atoms with E-state index in [-0.39, 0.29) is 41.6 Å². The van der Waals surface area contributed by atoms with Gasteiger partial charge in [0.25, 0.3) is 0 Å². The number of aryl methyl sites for hydroxylation is 1. The highest BCUT2D eigenvalue weighted by atomic mass is 16.5. The second kappa shape index (κ2) is 14.1. The molecule has 184 valence electrons. The van der Waals surface area contributed by atoms with E-state index in [0.717, 1.165) is 48.8 Å². The molecule has 33 heavy (non-hydrogen) atoms. The maximum atomic E-state index is 12.8. The third kappa shape index (κ3) is 8.87. The molecule has 0 bridgehead atoms. The molecule has 1 aliphatic rings. The Balaban J connectivity index is 0.000000801. The maximum absolute atomic E-state index is 12.8. The van der Waals surface area contributed by atoms with E-state index in [1.807, 2.05) is 13.8 Å². The number of carbonyl (C=O) groups is 4. The molecule has 0 spiro atoms. The van der Waals surface area contributed by atoms with Gasteiger partial charge >= 0.3 is 5.97 Å². The Kier molecular flexibility index (Phi) is 12.2. The first-order chi connectivity index (χ1) is 15.5. The van der Waals surface area contributed by atoms with Crippen molar-refractivity contribution >= 4 is 23.3 Å². The van der Waals surface area contributed by atoms with Gasteiger partial charge in [0.05, 0.1) is 13.0 Å². The van der Waals surface area contributed by atoms with Crippen molar-refractivity contribution < 1.29 is 23.9 Å². The third-order valence-electron chi connectivity index (χ3n) is 6.57. The molecule has 5 nitrogen and oxygen atoms in total. The highest BCUT2D eigenvalue weighted by Gasteiger charge is 2.33. The van der Waals surface area contributed by atoms with Crippen LogP contribution in [0.3, 0.4) is 0 Å². The summed E-state index contributed by atoms with van der Waals surface area (Å²) in [4.78, 5) is 46.7. The number of fused-ring (bicyclic) bond motifs is 1. The van der Waals surface area contributed by atoms with Crippen LogP contribution in [0.5, 0.6) is 0 Å². The summed E-state index contributed by atoms with van der Waals surface area (Å²) < 4.78 is 4.40. The molecule has 3 atom stereocenters. The van der Waals surface area contributed by atoms with E-state index in [1.54, 1.807) is 6.92 Å². The number of rotatable bonds is 10. The van der Waals surface area contributed by atoms with Crippen molar-refractivity contribution in [3.8, 4) is 0 Å². The van der Waals surface area contributed by atoms with Crippen LogP contribution in [0.1, 0.15) is 100 Å². The SMILES string of the molecule is CCCC(CC1CC(=O)c2c(ccc(C)c2C)C1)C(CC)C(=O)CC(C)=O.CCOC(C)=O. The Hall–Kier alpha value is -2.30. The van der Waals surface area contributed by atoms with Crippen molar-refractivity contribution in [2.45, 2.75) is 93.4 Å². The van der Waals surface area contributed by atoms with Gasteiger partial charge in [-0.3, -0.25) is 19.2 Å². The molecule has 5 heteroatoms. The molecule has 0 heterocycles. The monoisotopic (exact) mass is 458 g/mol. The molecule has 0 fully saturated rings. The van der Waals surface area contributed by atoms with Crippen LogP contribution in [0, 0.1) is 31.6 Å². The zero-order valence-electron chi connectivity index (χ0n) is 21.6. The fraction of sp³-hybridized carbons (Fsp3) is 0.643. The quantitative estimate of drug-likeness (QED) is 0.317. The lowest BCUT2D eigenvalue weighted by Gasteiger charge is -2.32. The topological polar surface area (TPSA) is 77.5 Å². The van der Waals surface area contributed by atoms with Crippen LogP contribution in [0.4, 0.5) is 0 Å². The Morgan fingerprint density at radius 3 is 2.21 bits per heavy atom. The lowest BCUT2D eigenvalue weighted by Crippen LogP contribution is -2.29. The molecule has 0 saturated carbocycles. The summed E-state index contributed by atoms with van der Waals surface area (Å²) in [5.74, 6) is 0.558. The summed E-state index contributed by atoms with van der Waals surface area (Å²) >= 11 is 0. The van der Waals surface area contributed by atoms with Crippen molar-refractivity contribution in [3.63, 3.8) is 0 Å². The van der Waals surface area contributed by atoms with Crippen molar-refractivity contribution in [1.82, 2.24) is 0 Å². The molecule has 1 aliphatic carbocycles. The summed E-state index contributed by atoms with van der Waals surface area (Å²) in [5, 5.41) is 0. The molecule has 1 aromatic rings. The first-order valence-electron chi connectivity index (χ1n) is 12.3. The van der Waals surface area contributed by atoms with Crippen molar-refractivity contribution in [3.05, 3.63) is 34.4 Å². The van der Waals surface area contributed by atoms with Crippen molar-refractivity contribution in [2.75, 3.05) is 6.61 Å². The van der Waals surface area contributed by atoms with Gasteiger partial charge in [0.15, 0.2) is 5.78 Å². The minimum Gasteiger partial charge on any atom is -0.466 e. The number of esters is 1. The van der Waals surface area contributed by atoms with Gasteiger partial charge in [-0.1, -0.05) is 38.8 Å². The zero-order chi connectivity index (χ0) is 25.1. The molecule has 1 aromatic carbocycles. The van der Waals surface area contributed by atoms with E-state index < -0.39 is 0 Å². The number of hydrogen-bond donors (Lipinski definition) is 0. The van der Waals surface area contributed by atoms with E-state index in [4.69, 9.17) is 0 Å². The number of ether oxygens (including phenoxy) is 1. The molecule has 0 N–H and O–H groups in total. The minimum absolute atomic E-state index is 0.0453. The van der Waals surface area contributed by atoms with Crippen LogP contribution in [-0.4, -0.2) is 29.9 Å². The Morgan fingerprint density at radius 2 is 1.73 bits per heavy atom. The molecule has 3 unspecified atom stereocenters. The molecule has 0 aliphatic heterocycles. The summed E-state index contributed by atoms with van der Waals surface area (Å²) in [6, 6.07) is 4.22. The number of hydrogen-bond acceptors (Lipinski definition) is 5. The Bertz CT molecular complexity index is 839. The summed E-state index contributed by atoms with van der Waals surface area (Å²) in [6.45, 7) is 13.4. The lowest BCUT2D eigenvalue weighted by molar-refractivity contribution is -0.140. The standard InChI is InChI=1S/C24H34O3.C4H8O2/c1-6-8-19(21(7-2)22(26)11-16(4)25)12-18-13-20-10-9-15(3)17(5)24(20)23(27)14-18;1-3-6-4(2)5/h9-10,18-19,21H,6-8,11-14H2,1-5H3;3H2,1-2H3. The van der Waals surface area contributed by atoms with Gasteiger partial charge in [-0.2, -0.15) is 0 Å². The predicted octanol–water partition coefficient (Wildman–Crippen LogP) is 6.00. The highest BCUT2D eigenvalue weighted by Crippen LogP contribution is 2.36. The summed E-state index contributed by atoms with van der Waals surface area (Å²) in [5.41, 5.74) is 4.38. The average Bonchev–Trinajstić information content (AvgIpc) is 2.71. The van der Waals surface area contributed by atoms with Gasteiger partial charge in [0, 0.05) is 24.8 Å². The molecule has 0 amide bonds. The van der Waals surface area contributed by atoms with Crippen LogP contribution in [-0.2, 0) is 25.5 Å². The maximum Gasteiger partial charge on any atom is 0.302 e. The van der Waals surface area contributed by atoms with Gasteiger partial charge in [-0.15, -0.1) is 0 Å². The van der Waals surface area contributed by atoms with Crippen LogP contribution >= 0.6 is 0 Å². The van der Waals surface area contributed by atoms with E-state index in [9.17, 15) is 19.2 Å². The van der Waals surface area contributed by atoms with Crippen molar-refractivity contribution in [2.24, 2.45) is 17.8 Å². The van der Waals surface area contributed by atoms with Gasteiger partial charge in [0.1, 0.15) is 11.6 Å². The van der Waals surface area contributed by atoms with E-state index in [1.165, 1.54) is 19.4 Å². The van der Waals surface area contributed by atoms with Crippen molar-refractivity contribution in [1.29, 1.82) is 0 Å². The smallest absolute Gasteiger partial charge is 0.302 e. The number of carbonyl (C=O) groups excluding carboxylic acids is 4. The molecule has 2 rings (SSSR count). The summed E-state index contributed by atoms with van der Waals surface area (Å²) in [6.07, 6.45) is 5.20. The third-order valence-corrected chi connectivity index (χ3v) is 6.57. The largest absolute Gasteiger partial charge is 0.466 e. The van der Waals surface area contributed by atoms with Gasteiger partial charge in [0.2, 0.25) is 0 Å². The minimum atomic E-state index is -0.211. The predicted molar refractivity (Wildman–Crippen MR) is 131 cm³/mol. The molecule has 0 saturated heterocycles. The van der Waals surface area contributed by atoms with E-state index in [0.29, 0.717) is 18.9 Å². The first-order valence-corrected chi connectivity index (χ1v) is 12.3. The van der Waals surface area contributed by atoms with Crippen LogP contribution in [0.15, 0.2) is 12.1 Å². The highest BCUT2D eigenvalue weighted by molar-refractivity contribution is 6.00. The normalized spacial score (nSPS) is 16.7. The van der Waals surface area contributed by atoms with Crippen LogP contribution in [0.25, 0.3) is 0 Å². The second-order valence-electron chi connectivity index (χ2n) is 9.31. The fourth-order valence-electron chi connectivity index (χ4n) is 5.03. The average molecular weight is 459 g/mol. The number of Topliss-reactive ketones (excluding diaryl/α,β-unsaturated/α-hetero) is 3. The van der Waals surface area contributed by atoms with E-state index in [2.05, 4.69) is 30.7 Å². The Labute approximate surface area is 199 Å². The van der Waals surface area contributed by atoms with Crippen LogP contribution < -0.4 is 0 Å². The molecular weight excluding hydrogens is 416 g/mol. The van der Waals surface area contributed by atoms with E-state index >= 15 is 0 Å². The Morgan fingerprint density at radius 1 is 1.06 bits per heavy atom. The molecule has 0 radical (unpaired) electrons. The second-order valence-corrected chi connectivity index (χ2v) is 9.31. The number of benzene rings is 1.